The Labute approximate surface area is 120 Å². The largest absolute Gasteiger partial charge is 0.377 e. The maximum absolute atomic E-state index is 6.10. The molecule has 0 aromatic carbocycles. The first-order valence-corrected chi connectivity index (χ1v) is 7.41. The van der Waals surface area contributed by atoms with Gasteiger partial charge in [0.1, 0.15) is 17.6 Å². The molecule has 1 unspecified atom stereocenters. The van der Waals surface area contributed by atoms with Gasteiger partial charge in [0.25, 0.3) is 0 Å². The summed E-state index contributed by atoms with van der Waals surface area (Å²) in [5, 5.41) is 0.498. The molecule has 2 rings (SSSR count). The van der Waals surface area contributed by atoms with Crippen molar-refractivity contribution in [3.63, 3.8) is 0 Å². The van der Waals surface area contributed by atoms with Gasteiger partial charge >= 0.3 is 0 Å². The first kappa shape index (κ1) is 14.5. The molecule has 19 heavy (non-hydrogen) atoms. The standard InChI is InChI=1S/C14H22ClN3O/c1-3-6-11-7-4-5-8-18(11)14-9-12(15)16-13(17-14)10-19-2/h9,11H,3-8,10H2,1-2H3. The highest BCUT2D eigenvalue weighted by atomic mass is 35.5. The highest BCUT2D eigenvalue weighted by Crippen LogP contribution is 2.27. The lowest BCUT2D eigenvalue weighted by atomic mass is 9.98. The second kappa shape index (κ2) is 7.06. The third-order valence-electron chi connectivity index (χ3n) is 3.54. The van der Waals surface area contributed by atoms with Crippen LogP contribution in [0.1, 0.15) is 44.9 Å². The van der Waals surface area contributed by atoms with Gasteiger partial charge in [0, 0.05) is 25.8 Å². The van der Waals surface area contributed by atoms with Crippen molar-refractivity contribution in [1.29, 1.82) is 0 Å². The van der Waals surface area contributed by atoms with Crippen molar-refractivity contribution in [1.82, 2.24) is 9.97 Å². The number of hydrogen-bond donors (Lipinski definition) is 0. The van der Waals surface area contributed by atoms with Gasteiger partial charge in [0.2, 0.25) is 0 Å². The van der Waals surface area contributed by atoms with Crippen LogP contribution in [-0.4, -0.2) is 29.7 Å². The number of ether oxygens (including phenoxy) is 1. The lowest BCUT2D eigenvalue weighted by molar-refractivity contribution is 0.177. The van der Waals surface area contributed by atoms with Crippen LogP contribution in [0.25, 0.3) is 0 Å². The average Bonchev–Trinajstić information content (AvgIpc) is 2.39. The monoisotopic (exact) mass is 283 g/mol. The predicted octanol–water partition coefficient (Wildman–Crippen LogP) is 3.44. The van der Waals surface area contributed by atoms with Crippen molar-refractivity contribution in [3.8, 4) is 0 Å². The van der Waals surface area contributed by atoms with Crippen molar-refractivity contribution < 1.29 is 4.74 Å². The van der Waals surface area contributed by atoms with Gasteiger partial charge in [0.05, 0.1) is 0 Å². The van der Waals surface area contributed by atoms with E-state index in [2.05, 4.69) is 21.8 Å². The lowest BCUT2D eigenvalue weighted by Gasteiger charge is -2.36. The van der Waals surface area contributed by atoms with E-state index in [1.54, 1.807) is 7.11 Å². The van der Waals surface area contributed by atoms with Crippen LogP contribution in [0.5, 0.6) is 0 Å². The van der Waals surface area contributed by atoms with Crippen LogP contribution in [0.4, 0.5) is 5.82 Å². The van der Waals surface area contributed by atoms with Gasteiger partial charge in [-0.3, -0.25) is 0 Å². The maximum atomic E-state index is 6.10. The van der Waals surface area contributed by atoms with E-state index in [1.807, 2.05) is 6.07 Å². The summed E-state index contributed by atoms with van der Waals surface area (Å²) in [6.07, 6.45) is 6.19. The summed E-state index contributed by atoms with van der Waals surface area (Å²) >= 11 is 6.10. The molecule has 1 aliphatic heterocycles. The van der Waals surface area contributed by atoms with E-state index in [4.69, 9.17) is 16.3 Å². The molecule has 0 spiro atoms. The molecule has 4 nitrogen and oxygen atoms in total. The molecule has 0 amide bonds. The second-order valence-electron chi connectivity index (χ2n) is 5.03. The van der Waals surface area contributed by atoms with E-state index in [0.717, 1.165) is 12.4 Å². The lowest BCUT2D eigenvalue weighted by Crippen LogP contribution is -2.40. The van der Waals surface area contributed by atoms with Crippen molar-refractivity contribution in [3.05, 3.63) is 17.0 Å². The third kappa shape index (κ3) is 3.80. The number of anilines is 1. The average molecular weight is 284 g/mol. The molecule has 2 heterocycles. The summed E-state index contributed by atoms with van der Waals surface area (Å²) in [6.45, 7) is 3.69. The molecule has 0 N–H and O–H groups in total. The Morgan fingerprint density at radius 2 is 2.26 bits per heavy atom. The van der Waals surface area contributed by atoms with E-state index in [-0.39, 0.29) is 0 Å². The Bertz CT molecular complexity index is 412. The van der Waals surface area contributed by atoms with E-state index in [9.17, 15) is 0 Å². The minimum Gasteiger partial charge on any atom is -0.377 e. The van der Waals surface area contributed by atoms with Crippen LogP contribution >= 0.6 is 11.6 Å². The van der Waals surface area contributed by atoms with Crippen molar-refractivity contribution >= 4 is 17.4 Å². The fourth-order valence-electron chi connectivity index (χ4n) is 2.73. The summed E-state index contributed by atoms with van der Waals surface area (Å²) < 4.78 is 5.10. The van der Waals surface area contributed by atoms with Crippen molar-refractivity contribution in [2.24, 2.45) is 0 Å². The van der Waals surface area contributed by atoms with Crippen LogP contribution in [0.3, 0.4) is 0 Å². The van der Waals surface area contributed by atoms with Gasteiger partial charge in [-0.1, -0.05) is 24.9 Å². The van der Waals surface area contributed by atoms with Gasteiger partial charge in [-0.25, -0.2) is 9.97 Å². The SMILES string of the molecule is CCCC1CCCCN1c1cc(Cl)nc(COC)n1. The van der Waals surface area contributed by atoms with Gasteiger partial charge < -0.3 is 9.64 Å². The Balaban J connectivity index is 2.22. The van der Waals surface area contributed by atoms with Gasteiger partial charge in [-0.15, -0.1) is 0 Å². The van der Waals surface area contributed by atoms with Crippen molar-refractivity contribution in [2.75, 3.05) is 18.6 Å². The van der Waals surface area contributed by atoms with Crippen LogP contribution in [0.15, 0.2) is 6.07 Å². The molecule has 1 aromatic rings. The summed E-state index contributed by atoms with van der Waals surface area (Å²) in [5.74, 6) is 1.61. The predicted molar refractivity (Wildman–Crippen MR) is 77.6 cm³/mol. The van der Waals surface area contributed by atoms with Crippen LogP contribution < -0.4 is 4.90 Å². The van der Waals surface area contributed by atoms with E-state index in [0.29, 0.717) is 23.6 Å². The van der Waals surface area contributed by atoms with Gasteiger partial charge in [-0.2, -0.15) is 0 Å². The molecule has 1 aliphatic rings. The van der Waals surface area contributed by atoms with E-state index < -0.39 is 0 Å². The van der Waals surface area contributed by atoms with Crippen LogP contribution in [-0.2, 0) is 11.3 Å². The molecule has 0 saturated carbocycles. The van der Waals surface area contributed by atoms with E-state index in [1.165, 1.54) is 32.1 Å². The first-order valence-electron chi connectivity index (χ1n) is 7.03. The molecule has 1 saturated heterocycles. The Kier molecular flexibility index (Phi) is 5.40. The Hall–Kier alpha value is -0.870. The third-order valence-corrected chi connectivity index (χ3v) is 3.74. The summed E-state index contributed by atoms with van der Waals surface area (Å²) in [5.41, 5.74) is 0. The summed E-state index contributed by atoms with van der Waals surface area (Å²) in [6, 6.07) is 2.45. The van der Waals surface area contributed by atoms with Crippen molar-refractivity contribution in [2.45, 2.75) is 51.7 Å². The number of piperidine rings is 1. The number of hydrogen-bond acceptors (Lipinski definition) is 4. The number of halogens is 1. The molecule has 5 heteroatoms. The zero-order chi connectivity index (χ0) is 13.7. The highest BCUT2D eigenvalue weighted by Gasteiger charge is 2.23. The highest BCUT2D eigenvalue weighted by molar-refractivity contribution is 6.29. The second-order valence-corrected chi connectivity index (χ2v) is 5.42. The minimum atomic E-state index is 0.403. The van der Waals surface area contributed by atoms with Gasteiger partial charge in [0.15, 0.2) is 5.82 Å². The number of aromatic nitrogens is 2. The fraction of sp³-hybridized carbons (Fsp3) is 0.714. The topological polar surface area (TPSA) is 38.2 Å². The summed E-state index contributed by atoms with van der Waals surface area (Å²) in [4.78, 5) is 11.2. The van der Waals surface area contributed by atoms with Crippen LogP contribution in [0.2, 0.25) is 5.15 Å². The van der Waals surface area contributed by atoms with E-state index >= 15 is 0 Å². The zero-order valence-electron chi connectivity index (χ0n) is 11.7. The zero-order valence-corrected chi connectivity index (χ0v) is 12.5. The molecule has 0 bridgehead atoms. The molecule has 1 aromatic heterocycles. The van der Waals surface area contributed by atoms with Crippen LogP contribution in [0, 0.1) is 0 Å². The minimum absolute atomic E-state index is 0.403. The molecule has 1 atom stereocenters. The molecular formula is C14H22ClN3O. The molecule has 0 radical (unpaired) electrons. The Morgan fingerprint density at radius 3 is 3.00 bits per heavy atom. The number of methoxy groups -OCH3 is 1. The smallest absolute Gasteiger partial charge is 0.158 e. The van der Waals surface area contributed by atoms with Gasteiger partial charge in [-0.05, 0) is 25.7 Å². The quantitative estimate of drug-likeness (QED) is 0.776. The number of nitrogens with zero attached hydrogens (tertiary/aromatic N) is 3. The fourth-order valence-corrected chi connectivity index (χ4v) is 2.92. The molecule has 106 valence electrons. The molecule has 1 fully saturated rings. The normalized spacial score (nSPS) is 19.7. The number of rotatable bonds is 5. The molecular weight excluding hydrogens is 262 g/mol. The molecule has 0 aliphatic carbocycles. The summed E-state index contributed by atoms with van der Waals surface area (Å²) in [7, 11) is 1.64. The Morgan fingerprint density at radius 1 is 1.42 bits per heavy atom. The first-order chi connectivity index (χ1) is 9.24. The maximum Gasteiger partial charge on any atom is 0.158 e.